The first-order chi connectivity index (χ1) is 27.8. The normalized spacial score (nSPS) is 14.0. The van der Waals surface area contributed by atoms with Crippen molar-refractivity contribution < 1.29 is 0 Å². The van der Waals surface area contributed by atoms with Gasteiger partial charge in [-0.05, 0) is 97.8 Å². The quantitative estimate of drug-likeness (QED) is 0.148. The van der Waals surface area contributed by atoms with Crippen LogP contribution in [0.25, 0.3) is 0 Å². The second-order valence-corrected chi connectivity index (χ2v) is 18.9. The lowest BCUT2D eigenvalue weighted by atomic mass is 9.82. The smallest absolute Gasteiger partial charge is 0.0952 e. The Balaban J connectivity index is 0.000000245. The second kappa shape index (κ2) is 26.4. The molecule has 0 aromatic carbocycles. The van der Waals surface area contributed by atoms with E-state index in [1.807, 2.05) is 59.3 Å². The second-order valence-electron chi connectivity index (χ2n) is 18.9. The van der Waals surface area contributed by atoms with Crippen LogP contribution in [0.15, 0.2) is 68.3 Å². The number of nitrogens with zero attached hydrogens (tertiary/aromatic N) is 9. The molecule has 0 unspecified atom stereocenters. The van der Waals surface area contributed by atoms with Crippen LogP contribution in [0, 0.1) is 11.8 Å². The Labute approximate surface area is 361 Å². The fourth-order valence-electron chi connectivity index (χ4n) is 6.41. The largest absolute Gasteiger partial charge is 0.357 e. The number of aryl methyl sites for hydroxylation is 3. The average molecular weight is 814 g/mol. The zero-order chi connectivity index (χ0) is 44.2. The molecule has 0 saturated heterocycles. The molecule has 0 amide bonds. The molecule has 2 aliphatic rings. The lowest BCUT2D eigenvalue weighted by Gasteiger charge is -2.24. The van der Waals surface area contributed by atoms with Crippen molar-refractivity contribution in [1.82, 2.24) is 43.2 Å². The third kappa shape index (κ3) is 19.8. The van der Waals surface area contributed by atoms with Crippen molar-refractivity contribution in [2.45, 2.75) is 197 Å². The first kappa shape index (κ1) is 51.3. The van der Waals surface area contributed by atoms with Gasteiger partial charge in [0.1, 0.15) is 0 Å². The van der Waals surface area contributed by atoms with Crippen molar-refractivity contribution in [3.05, 3.63) is 96.4 Å². The number of aromatic nitrogens is 9. The van der Waals surface area contributed by atoms with Crippen molar-refractivity contribution in [3.63, 3.8) is 0 Å². The van der Waals surface area contributed by atoms with E-state index in [9.17, 15) is 0 Å². The molecule has 2 aliphatic carbocycles. The van der Waals surface area contributed by atoms with Gasteiger partial charge in [-0.25, -0.2) is 9.97 Å². The van der Waals surface area contributed by atoms with Crippen LogP contribution in [0.5, 0.6) is 0 Å². The van der Waals surface area contributed by atoms with Crippen molar-refractivity contribution in [3.8, 4) is 0 Å². The summed E-state index contributed by atoms with van der Waals surface area (Å²) in [6, 6.07) is 3.41. The third-order valence-electron chi connectivity index (χ3n) is 11.1. The predicted molar refractivity (Wildman–Crippen MR) is 251 cm³/mol. The standard InChI is InChI=1S/C9H14N2.C9H16N2.C9H18.C8H14N2.C8H13N.C7H12N2/c1-7(2)9-5-11(6-10-9)8-3-4-8;1-7(2)9-5-10-11(6-9)8(3)4;1-8(2)9-6-4-3-5-7-9;1-4-10-6-8(5-9-10)7(2)3;1-7(2)8-4-5-9(3)6-8;1-6(2)7-4-9(3)5-8-7/h5-8H,3-4H2,1-2H3;5-8H,1-4H3;8-9H,3-7H2,1-2H3;5-7H,4H2,1-3H3;4-7H,1-3H3;4-6H,1-3H3. The monoisotopic (exact) mass is 814 g/mol. The first-order valence-electron chi connectivity index (χ1n) is 23.0. The summed E-state index contributed by atoms with van der Waals surface area (Å²) in [5.41, 5.74) is 6.44. The van der Waals surface area contributed by atoms with Crippen LogP contribution in [0.4, 0.5) is 0 Å². The van der Waals surface area contributed by atoms with E-state index in [-0.39, 0.29) is 0 Å². The van der Waals surface area contributed by atoms with Crippen LogP contribution in [0.3, 0.4) is 0 Å². The summed E-state index contributed by atoms with van der Waals surface area (Å²) >= 11 is 0. The SMILES string of the molecule is CC(C)C1CCCCC1.CC(C)c1ccn(C)c1.CC(C)c1cn(C)cn1.CC(C)c1cn(C2CC2)cn1.CC(C)c1cnn(C(C)C)c1.CCn1cc(C(C)C)cn1. The van der Waals surface area contributed by atoms with Crippen LogP contribution in [0.1, 0.15) is 219 Å². The summed E-state index contributed by atoms with van der Waals surface area (Å²) in [7, 11) is 4.03. The fourth-order valence-corrected chi connectivity index (χ4v) is 6.41. The van der Waals surface area contributed by atoms with Gasteiger partial charge >= 0.3 is 0 Å². The van der Waals surface area contributed by atoms with Crippen LogP contribution in [0.2, 0.25) is 0 Å². The maximum Gasteiger partial charge on any atom is 0.0952 e. The van der Waals surface area contributed by atoms with Crippen molar-refractivity contribution >= 4 is 0 Å². The molecule has 2 fully saturated rings. The van der Waals surface area contributed by atoms with E-state index < -0.39 is 0 Å². The molecule has 0 N–H and O–H groups in total. The highest BCUT2D eigenvalue weighted by Crippen LogP contribution is 2.35. The highest BCUT2D eigenvalue weighted by Gasteiger charge is 2.23. The van der Waals surface area contributed by atoms with Gasteiger partial charge in [0.2, 0.25) is 0 Å². The predicted octanol–water partition coefficient (Wildman–Crippen LogP) is 13.9. The van der Waals surface area contributed by atoms with E-state index in [4.69, 9.17) is 0 Å². The molecular formula is C50H87N9. The van der Waals surface area contributed by atoms with E-state index in [0.29, 0.717) is 35.6 Å². The van der Waals surface area contributed by atoms with Gasteiger partial charge in [0.15, 0.2) is 0 Å². The summed E-state index contributed by atoms with van der Waals surface area (Å²) in [4.78, 5) is 8.52. The van der Waals surface area contributed by atoms with Gasteiger partial charge in [0.25, 0.3) is 0 Å². The van der Waals surface area contributed by atoms with Gasteiger partial charge in [-0.3, -0.25) is 9.36 Å². The summed E-state index contributed by atoms with van der Waals surface area (Å²) in [6.45, 7) is 33.8. The minimum absolute atomic E-state index is 0.475. The van der Waals surface area contributed by atoms with Crippen molar-refractivity contribution in [2.75, 3.05) is 0 Å². The zero-order valence-electron chi connectivity index (χ0n) is 40.7. The van der Waals surface area contributed by atoms with Crippen LogP contribution >= 0.6 is 0 Å². The summed E-state index contributed by atoms with van der Waals surface area (Å²) in [5.74, 6) is 4.94. The first-order valence-corrected chi connectivity index (χ1v) is 23.0. The lowest BCUT2D eigenvalue weighted by molar-refractivity contribution is 0.279. The molecule has 5 aromatic rings. The molecule has 59 heavy (non-hydrogen) atoms. The maximum atomic E-state index is 4.34. The van der Waals surface area contributed by atoms with E-state index in [1.165, 1.54) is 67.3 Å². The molecule has 7 rings (SSSR count). The van der Waals surface area contributed by atoms with E-state index in [1.54, 1.807) is 0 Å². The molecule has 0 aliphatic heterocycles. The maximum absolute atomic E-state index is 4.34. The van der Waals surface area contributed by atoms with Crippen LogP contribution < -0.4 is 0 Å². The molecule has 0 bridgehead atoms. The fraction of sp³-hybridized carbons (Fsp3) is 0.680. The average Bonchev–Trinajstić information content (AvgIpc) is 3.81. The molecule has 0 atom stereocenters. The van der Waals surface area contributed by atoms with Crippen LogP contribution in [-0.4, -0.2) is 43.2 Å². The number of imidazole rings is 2. The molecule has 9 heteroatoms. The summed E-state index contributed by atoms with van der Waals surface area (Å²) < 4.78 is 10.2. The minimum Gasteiger partial charge on any atom is -0.357 e. The number of rotatable bonds is 9. The molecule has 2 saturated carbocycles. The lowest BCUT2D eigenvalue weighted by Crippen LogP contribution is -2.12. The Kier molecular flexibility index (Phi) is 22.9. The van der Waals surface area contributed by atoms with Crippen molar-refractivity contribution in [2.24, 2.45) is 25.9 Å². The van der Waals surface area contributed by atoms with Crippen LogP contribution in [-0.2, 0) is 20.6 Å². The summed E-state index contributed by atoms with van der Waals surface area (Å²) in [5, 5.41) is 8.43. The molecule has 5 aromatic heterocycles. The van der Waals surface area contributed by atoms with Gasteiger partial charge < -0.3 is 13.7 Å². The van der Waals surface area contributed by atoms with Gasteiger partial charge in [0.05, 0.1) is 36.4 Å². The Morgan fingerprint density at radius 2 is 1.10 bits per heavy atom. The van der Waals surface area contributed by atoms with E-state index in [2.05, 4.69) is 170 Å². The Morgan fingerprint density at radius 3 is 1.41 bits per heavy atom. The van der Waals surface area contributed by atoms with E-state index >= 15 is 0 Å². The van der Waals surface area contributed by atoms with Gasteiger partial charge in [-0.2, -0.15) is 10.2 Å². The van der Waals surface area contributed by atoms with Gasteiger partial charge in [-0.1, -0.05) is 115 Å². The number of hydrogen-bond acceptors (Lipinski definition) is 4. The topological polar surface area (TPSA) is 76.2 Å². The molecular weight excluding hydrogens is 727 g/mol. The Hall–Kier alpha value is -3.88. The van der Waals surface area contributed by atoms with Crippen molar-refractivity contribution in [1.29, 1.82) is 0 Å². The van der Waals surface area contributed by atoms with Gasteiger partial charge in [0, 0.05) is 69.9 Å². The summed E-state index contributed by atoms with van der Waals surface area (Å²) in [6.07, 6.45) is 30.5. The molecule has 0 radical (unpaired) electrons. The highest BCUT2D eigenvalue weighted by molar-refractivity contribution is 5.14. The molecule has 5 heterocycles. The molecule has 332 valence electrons. The zero-order valence-corrected chi connectivity index (χ0v) is 40.7. The third-order valence-corrected chi connectivity index (χ3v) is 11.1. The highest BCUT2D eigenvalue weighted by atomic mass is 15.3. The molecule has 0 spiro atoms. The van der Waals surface area contributed by atoms with Gasteiger partial charge in [-0.15, -0.1) is 0 Å². The van der Waals surface area contributed by atoms with E-state index in [0.717, 1.165) is 30.1 Å². The molecule has 9 nitrogen and oxygen atoms in total. The Morgan fingerprint density at radius 1 is 0.559 bits per heavy atom. The number of hydrogen-bond donors (Lipinski definition) is 0. The Bertz CT molecular complexity index is 1650. The minimum atomic E-state index is 0.475.